The van der Waals surface area contributed by atoms with Crippen LogP contribution < -0.4 is 15.5 Å². The van der Waals surface area contributed by atoms with E-state index in [2.05, 4.69) is 10.6 Å². The smallest absolute Gasteiger partial charge is 0.272 e. The van der Waals surface area contributed by atoms with Crippen LogP contribution in [0.3, 0.4) is 0 Å². The fourth-order valence-electron chi connectivity index (χ4n) is 4.90. The second-order valence-corrected chi connectivity index (χ2v) is 11.6. The van der Waals surface area contributed by atoms with Gasteiger partial charge in [0, 0.05) is 34.7 Å². The number of anilines is 2. The van der Waals surface area contributed by atoms with Gasteiger partial charge in [-0.2, -0.15) is 0 Å². The van der Waals surface area contributed by atoms with Crippen molar-refractivity contribution < 1.29 is 24.1 Å². The number of thioether (sulfide) groups is 1. The van der Waals surface area contributed by atoms with Crippen LogP contribution in [0.2, 0.25) is 0 Å². The lowest BCUT2D eigenvalue weighted by molar-refractivity contribution is -0.384. The number of imide groups is 1. The SMILES string of the molecule is Cc1cccc(C)c1N1C(=O)C[C@@H](Sc2cccc(NC(=O)/C(=C/c3ccc([N+](=O)[O-])cc3)NC(=O)c3ccccc3)c2)C1=O. The molecule has 0 aromatic heterocycles. The maximum absolute atomic E-state index is 13.5. The number of nitro groups is 1. The highest BCUT2D eigenvalue weighted by Crippen LogP contribution is 2.37. The lowest BCUT2D eigenvalue weighted by Crippen LogP contribution is -2.32. The average molecular weight is 621 g/mol. The number of amides is 4. The summed E-state index contributed by atoms with van der Waals surface area (Å²) >= 11 is 1.23. The Balaban J connectivity index is 1.35. The van der Waals surface area contributed by atoms with Gasteiger partial charge in [0.2, 0.25) is 11.8 Å². The molecule has 0 unspecified atom stereocenters. The molecule has 4 aromatic rings. The quantitative estimate of drug-likeness (QED) is 0.101. The van der Waals surface area contributed by atoms with Crippen molar-refractivity contribution >= 4 is 58.5 Å². The third kappa shape index (κ3) is 7.16. The van der Waals surface area contributed by atoms with Crippen LogP contribution in [0.4, 0.5) is 17.1 Å². The van der Waals surface area contributed by atoms with Gasteiger partial charge in [0.05, 0.1) is 15.9 Å². The highest BCUT2D eigenvalue weighted by Gasteiger charge is 2.41. The number of carbonyl (C=O) groups excluding carboxylic acids is 4. The molecule has 1 fully saturated rings. The molecule has 0 spiro atoms. The molecule has 45 heavy (non-hydrogen) atoms. The van der Waals surface area contributed by atoms with E-state index >= 15 is 0 Å². The first-order valence-corrected chi connectivity index (χ1v) is 14.8. The molecule has 11 heteroatoms. The lowest BCUT2D eigenvalue weighted by Gasteiger charge is -2.19. The molecule has 4 aromatic carbocycles. The number of non-ortho nitro benzene ring substituents is 1. The third-order valence-corrected chi connectivity index (χ3v) is 8.26. The van der Waals surface area contributed by atoms with Crippen LogP contribution in [0.1, 0.15) is 33.5 Å². The van der Waals surface area contributed by atoms with Crippen LogP contribution in [0.5, 0.6) is 0 Å². The van der Waals surface area contributed by atoms with E-state index in [0.29, 0.717) is 27.4 Å². The van der Waals surface area contributed by atoms with Crippen LogP contribution in [0.15, 0.2) is 108 Å². The van der Waals surface area contributed by atoms with Gasteiger partial charge in [-0.15, -0.1) is 11.8 Å². The van der Waals surface area contributed by atoms with E-state index in [9.17, 15) is 29.3 Å². The van der Waals surface area contributed by atoms with Crippen LogP contribution in [0.25, 0.3) is 6.08 Å². The number of benzene rings is 4. The summed E-state index contributed by atoms with van der Waals surface area (Å²) in [4.78, 5) is 65.1. The summed E-state index contributed by atoms with van der Waals surface area (Å²) in [5.41, 5.74) is 3.29. The van der Waals surface area contributed by atoms with Crippen molar-refractivity contribution in [1.82, 2.24) is 5.32 Å². The zero-order chi connectivity index (χ0) is 32.1. The van der Waals surface area contributed by atoms with E-state index in [0.717, 1.165) is 11.1 Å². The van der Waals surface area contributed by atoms with Crippen LogP contribution >= 0.6 is 11.8 Å². The number of nitrogens with one attached hydrogen (secondary N) is 2. The van der Waals surface area contributed by atoms with Gasteiger partial charge in [0.1, 0.15) is 5.70 Å². The Hall–Kier alpha value is -5.55. The average Bonchev–Trinajstić information content (AvgIpc) is 3.29. The number of nitrogens with zero attached hydrogens (tertiary/aromatic N) is 2. The first kappa shape index (κ1) is 30.9. The minimum absolute atomic E-state index is 0.0432. The molecule has 0 radical (unpaired) electrons. The molecule has 1 saturated heterocycles. The van der Waals surface area contributed by atoms with Gasteiger partial charge in [-0.1, -0.05) is 42.5 Å². The fraction of sp³-hybridized carbons (Fsp3) is 0.118. The Bertz CT molecular complexity index is 1820. The Morgan fingerprint density at radius 3 is 2.24 bits per heavy atom. The Morgan fingerprint density at radius 2 is 1.58 bits per heavy atom. The highest BCUT2D eigenvalue weighted by atomic mass is 32.2. The van der Waals surface area contributed by atoms with Gasteiger partial charge < -0.3 is 10.6 Å². The normalized spacial score (nSPS) is 14.8. The third-order valence-electron chi connectivity index (χ3n) is 7.08. The van der Waals surface area contributed by atoms with Gasteiger partial charge in [-0.05, 0) is 79.1 Å². The second kappa shape index (κ2) is 13.4. The zero-order valence-corrected chi connectivity index (χ0v) is 25.2. The highest BCUT2D eigenvalue weighted by molar-refractivity contribution is 8.00. The monoisotopic (exact) mass is 620 g/mol. The summed E-state index contributed by atoms with van der Waals surface area (Å²) in [7, 11) is 0. The summed E-state index contributed by atoms with van der Waals surface area (Å²) in [6.45, 7) is 3.73. The van der Waals surface area contributed by atoms with Crippen molar-refractivity contribution in [3.63, 3.8) is 0 Å². The molecule has 1 aliphatic heterocycles. The number of nitro benzene ring substituents is 1. The van der Waals surface area contributed by atoms with Crippen LogP contribution in [0, 0.1) is 24.0 Å². The molecule has 1 aliphatic rings. The van der Waals surface area contributed by atoms with Gasteiger partial charge >= 0.3 is 0 Å². The maximum Gasteiger partial charge on any atom is 0.272 e. The zero-order valence-electron chi connectivity index (χ0n) is 24.4. The largest absolute Gasteiger partial charge is 0.321 e. The van der Waals surface area contributed by atoms with E-state index in [1.54, 1.807) is 54.6 Å². The molecular formula is C34H28N4O6S. The minimum Gasteiger partial charge on any atom is -0.321 e. The van der Waals surface area contributed by atoms with Crippen LogP contribution in [-0.2, 0) is 14.4 Å². The molecule has 10 nitrogen and oxygen atoms in total. The van der Waals surface area contributed by atoms with Crippen molar-refractivity contribution in [1.29, 1.82) is 0 Å². The van der Waals surface area contributed by atoms with Crippen molar-refractivity contribution in [3.8, 4) is 0 Å². The van der Waals surface area contributed by atoms with Crippen molar-refractivity contribution in [2.75, 3.05) is 10.2 Å². The number of hydrogen-bond acceptors (Lipinski definition) is 7. The molecule has 2 N–H and O–H groups in total. The summed E-state index contributed by atoms with van der Waals surface area (Å²) in [6, 6.07) is 26.4. The summed E-state index contributed by atoms with van der Waals surface area (Å²) < 4.78 is 0. The van der Waals surface area contributed by atoms with E-state index in [1.807, 2.05) is 32.0 Å². The van der Waals surface area contributed by atoms with E-state index in [4.69, 9.17) is 0 Å². The minimum atomic E-state index is -0.634. The van der Waals surface area contributed by atoms with Crippen LogP contribution in [-0.4, -0.2) is 33.8 Å². The molecule has 5 rings (SSSR count). The molecule has 1 heterocycles. The molecule has 0 saturated carbocycles. The molecule has 0 bridgehead atoms. The van der Waals surface area contributed by atoms with Crippen molar-refractivity contribution in [2.45, 2.75) is 30.4 Å². The summed E-state index contributed by atoms with van der Waals surface area (Å²) in [5, 5.41) is 15.8. The van der Waals surface area contributed by atoms with Gasteiger partial charge in [-0.3, -0.25) is 29.3 Å². The number of hydrogen-bond donors (Lipinski definition) is 2. The van der Waals surface area contributed by atoms with Gasteiger partial charge in [0.15, 0.2) is 0 Å². The Labute approximate surface area is 263 Å². The van der Waals surface area contributed by atoms with Crippen molar-refractivity contribution in [2.24, 2.45) is 0 Å². The summed E-state index contributed by atoms with van der Waals surface area (Å²) in [6.07, 6.45) is 1.46. The number of aryl methyl sites for hydroxylation is 2. The second-order valence-electron chi connectivity index (χ2n) is 10.3. The predicted molar refractivity (Wildman–Crippen MR) is 173 cm³/mol. The first-order valence-electron chi connectivity index (χ1n) is 13.9. The van der Waals surface area contributed by atoms with Crippen molar-refractivity contribution in [3.05, 3.63) is 135 Å². The topological polar surface area (TPSA) is 139 Å². The number of rotatable bonds is 9. The van der Waals surface area contributed by atoms with E-state index < -0.39 is 22.0 Å². The molecule has 1 atom stereocenters. The molecule has 226 valence electrons. The maximum atomic E-state index is 13.5. The molecule has 0 aliphatic carbocycles. The molecule has 4 amide bonds. The number of para-hydroxylation sites is 1. The first-order chi connectivity index (χ1) is 21.6. The van der Waals surface area contributed by atoms with E-state index in [-0.39, 0.29) is 29.6 Å². The van der Waals surface area contributed by atoms with Gasteiger partial charge in [-0.25, -0.2) is 4.90 Å². The fourth-order valence-corrected chi connectivity index (χ4v) is 6.01. The standard InChI is InChI=1S/C34H28N4O6S/c1-21-8-6-9-22(2)31(21)37-30(39)20-29(34(37)42)45-27-13-7-12-25(19-27)35-33(41)28(36-32(40)24-10-4-3-5-11-24)18-23-14-16-26(17-15-23)38(43)44/h3-19,29H,20H2,1-2H3,(H,35,41)(H,36,40)/b28-18-/t29-/m1/s1. The lowest BCUT2D eigenvalue weighted by atomic mass is 10.1. The number of carbonyl (C=O) groups is 4. The Kier molecular flexibility index (Phi) is 9.20. The van der Waals surface area contributed by atoms with Gasteiger partial charge in [0.25, 0.3) is 17.5 Å². The molecular weight excluding hydrogens is 592 g/mol. The van der Waals surface area contributed by atoms with E-state index in [1.165, 1.54) is 47.0 Å². The predicted octanol–water partition coefficient (Wildman–Crippen LogP) is 6.05. The Morgan fingerprint density at radius 1 is 0.911 bits per heavy atom. The summed E-state index contributed by atoms with van der Waals surface area (Å²) in [5.74, 6) is -1.71.